The van der Waals surface area contributed by atoms with E-state index in [-0.39, 0.29) is 42.5 Å². The molecule has 1 aromatic rings. The predicted octanol–water partition coefficient (Wildman–Crippen LogP) is 2.69. The second-order valence-corrected chi connectivity index (χ2v) is 8.20. The fraction of sp³-hybridized carbons (Fsp3) is 0.652. The smallest absolute Gasteiger partial charge is 0.243 e. The van der Waals surface area contributed by atoms with Gasteiger partial charge in [0.15, 0.2) is 17.5 Å². The molecule has 0 saturated carbocycles. The first kappa shape index (κ1) is 28.3. The van der Waals surface area contributed by atoms with E-state index in [1.165, 1.54) is 12.0 Å². The maximum absolute atomic E-state index is 12.0. The number of hydrogen-bond acceptors (Lipinski definition) is 5. The van der Waals surface area contributed by atoms with Crippen molar-refractivity contribution in [1.82, 2.24) is 15.5 Å². The molecule has 0 bridgehead atoms. The molecule has 1 heterocycles. The van der Waals surface area contributed by atoms with Gasteiger partial charge >= 0.3 is 0 Å². The molecule has 32 heavy (non-hydrogen) atoms. The van der Waals surface area contributed by atoms with E-state index in [9.17, 15) is 4.79 Å². The van der Waals surface area contributed by atoms with E-state index in [1.54, 1.807) is 33.2 Å². The number of carbonyl (C=O) groups is 1. The van der Waals surface area contributed by atoms with Gasteiger partial charge in [-0.2, -0.15) is 0 Å². The highest BCUT2D eigenvalue weighted by molar-refractivity contribution is 14.0. The molecule has 1 saturated heterocycles. The van der Waals surface area contributed by atoms with E-state index in [0.29, 0.717) is 18.4 Å². The van der Waals surface area contributed by atoms with Crippen molar-refractivity contribution in [3.63, 3.8) is 0 Å². The highest BCUT2D eigenvalue weighted by Gasteiger charge is 2.15. The summed E-state index contributed by atoms with van der Waals surface area (Å²) in [6.07, 6.45) is 4.43. The van der Waals surface area contributed by atoms with Crippen LogP contribution in [-0.2, 0) is 16.0 Å². The first-order valence-electron chi connectivity index (χ1n) is 11.0. The maximum Gasteiger partial charge on any atom is 0.243 e. The Morgan fingerprint density at radius 3 is 2.59 bits per heavy atom. The summed E-state index contributed by atoms with van der Waals surface area (Å²) in [5.41, 5.74) is 1.18. The topological polar surface area (TPSA) is 84.4 Å². The third-order valence-corrected chi connectivity index (χ3v) is 5.29. The molecule has 2 unspecified atom stereocenters. The van der Waals surface area contributed by atoms with Gasteiger partial charge in [-0.05, 0) is 49.3 Å². The number of rotatable bonds is 10. The molecule has 2 N–H and O–H groups in total. The van der Waals surface area contributed by atoms with E-state index >= 15 is 0 Å². The molecule has 2 rings (SSSR count). The third-order valence-electron chi connectivity index (χ3n) is 5.29. The second kappa shape index (κ2) is 15.2. The Kier molecular flexibility index (Phi) is 13.4. The predicted molar refractivity (Wildman–Crippen MR) is 138 cm³/mol. The lowest BCUT2D eigenvalue weighted by Gasteiger charge is -2.24. The number of methoxy groups -OCH3 is 2. The average Bonchev–Trinajstić information content (AvgIpc) is 2.78. The average molecular weight is 562 g/mol. The minimum absolute atomic E-state index is 0. The molecule has 2 atom stereocenters. The minimum Gasteiger partial charge on any atom is -0.493 e. The minimum atomic E-state index is -0.0339. The summed E-state index contributed by atoms with van der Waals surface area (Å²) < 4.78 is 16.5. The van der Waals surface area contributed by atoms with Gasteiger partial charge in [0.1, 0.15) is 6.54 Å². The summed E-state index contributed by atoms with van der Waals surface area (Å²) in [7, 11) is 6.75. The molecular formula is C23H39IN4O4. The van der Waals surface area contributed by atoms with Crippen LogP contribution < -0.4 is 20.1 Å². The van der Waals surface area contributed by atoms with Crippen molar-refractivity contribution in [3.05, 3.63) is 23.8 Å². The molecule has 9 heteroatoms. The van der Waals surface area contributed by atoms with Crippen LogP contribution in [0.4, 0.5) is 0 Å². The summed E-state index contributed by atoms with van der Waals surface area (Å²) in [5, 5.41) is 6.72. The SMILES string of the molecule is COc1ccc(CC(C)CNC(=NCC(=O)N(C)C)NCC2CCCCO2)cc1OC.I. The van der Waals surface area contributed by atoms with Crippen LogP contribution in [0.3, 0.4) is 0 Å². The van der Waals surface area contributed by atoms with Crippen LogP contribution in [0.5, 0.6) is 11.5 Å². The van der Waals surface area contributed by atoms with Gasteiger partial charge in [0.05, 0.1) is 20.3 Å². The number of aliphatic imine (C=N–C) groups is 1. The van der Waals surface area contributed by atoms with Gasteiger partial charge in [0, 0.05) is 33.8 Å². The second-order valence-electron chi connectivity index (χ2n) is 8.20. The summed E-state index contributed by atoms with van der Waals surface area (Å²) in [6, 6.07) is 6.00. The standard InChI is InChI=1S/C23H38N4O4.HI/c1-17(12-18-9-10-20(29-4)21(13-18)30-5)14-24-23(26-16-22(28)27(2)3)25-15-19-8-6-7-11-31-19;/h9-10,13,17,19H,6-8,11-12,14-16H2,1-5H3,(H2,24,25,26);1H. The number of benzene rings is 1. The Bertz CT molecular complexity index is 724. The lowest BCUT2D eigenvalue weighted by molar-refractivity contribution is -0.127. The molecule has 1 amide bonds. The Morgan fingerprint density at radius 1 is 1.22 bits per heavy atom. The van der Waals surface area contributed by atoms with Gasteiger partial charge in [-0.25, -0.2) is 4.99 Å². The Hall–Kier alpha value is -1.75. The molecule has 182 valence electrons. The number of hydrogen-bond donors (Lipinski definition) is 2. The van der Waals surface area contributed by atoms with Gasteiger partial charge in [-0.3, -0.25) is 4.79 Å². The Labute approximate surface area is 209 Å². The third kappa shape index (κ3) is 9.81. The molecule has 1 aliphatic heterocycles. The summed E-state index contributed by atoms with van der Waals surface area (Å²) in [4.78, 5) is 18.0. The van der Waals surface area contributed by atoms with Crippen molar-refractivity contribution in [2.45, 2.75) is 38.7 Å². The van der Waals surface area contributed by atoms with Crippen molar-refractivity contribution >= 4 is 35.8 Å². The molecule has 8 nitrogen and oxygen atoms in total. The van der Waals surface area contributed by atoms with Crippen LogP contribution in [0.15, 0.2) is 23.2 Å². The van der Waals surface area contributed by atoms with Crippen LogP contribution >= 0.6 is 24.0 Å². The fourth-order valence-corrected chi connectivity index (χ4v) is 3.39. The summed E-state index contributed by atoms with van der Waals surface area (Å²) in [5.74, 6) is 2.42. The molecular weight excluding hydrogens is 523 g/mol. The zero-order chi connectivity index (χ0) is 22.6. The Morgan fingerprint density at radius 2 is 1.97 bits per heavy atom. The quantitative estimate of drug-likeness (QED) is 0.259. The van der Waals surface area contributed by atoms with Gasteiger partial charge in [-0.1, -0.05) is 13.0 Å². The van der Waals surface area contributed by atoms with Crippen LogP contribution in [0, 0.1) is 5.92 Å². The molecule has 1 fully saturated rings. The molecule has 0 aromatic heterocycles. The van der Waals surface area contributed by atoms with Gasteiger partial charge in [0.2, 0.25) is 5.91 Å². The number of nitrogens with zero attached hydrogens (tertiary/aromatic N) is 2. The van der Waals surface area contributed by atoms with Gasteiger partial charge in [0.25, 0.3) is 0 Å². The number of ether oxygens (including phenoxy) is 3. The number of halogens is 1. The highest BCUT2D eigenvalue weighted by atomic mass is 127. The number of nitrogens with one attached hydrogen (secondary N) is 2. The van der Waals surface area contributed by atoms with Crippen LogP contribution in [-0.4, -0.2) is 77.4 Å². The van der Waals surface area contributed by atoms with Gasteiger partial charge in [-0.15, -0.1) is 24.0 Å². The van der Waals surface area contributed by atoms with Crippen molar-refractivity contribution in [2.75, 3.05) is 54.6 Å². The van der Waals surface area contributed by atoms with Crippen LogP contribution in [0.25, 0.3) is 0 Å². The monoisotopic (exact) mass is 562 g/mol. The number of amides is 1. The molecule has 1 aromatic carbocycles. The van der Waals surface area contributed by atoms with Crippen molar-refractivity contribution in [3.8, 4) is 11.5 Å². The summed E-state index contributed by atoms with van der Waals surface area (Å²) in [6.45, 7) is 4.51. The largest absolute Gasteiger partial charge is 0.493 e. The lowest BCUT2D eigenvalue weighted by atomic mass is 10.0. The zero-order valence-corrected chi connectivity index (χ0v) is 22.3. The highest BCUT2D eigenvalue weighted by Crippen LogP contribution is 2.28. The van der Waals surface area contributed by atoms with Crippen molar-refractivity contribution < 1.29 is 19.0 Å². The van der Waals surface area contributed by atoms with Crippen LogP contribution in [0.1, 0.15) is 31.7 Å². The molecule has 0 radical (unpaired) electrons. The first-order chi connectivity index (χ1) is 14.9. The lowest BCUT2D eigenvalue weighted by Crippen LogP contribution is -2.44. The van der Waals surface area contributed by atoms with Crippen LogP contribution in [0.2, 0.25) is 0 Å². The van der Waals surface area contributed by atoms with E-state index in [0.717, 1.165) is 43.9 Å². The molecule has 0 spiro atoms. The van der Waals surface area contributed by atoms with Crippen molar-refractivity contribution in [1.29, 1.82) is 0 Å². The van der Waals surface area contributed by atoms with Gasteiger partial charge < -0.3 is 29.7 Å². The van der Waals surface area contributed by atoms with E-state index in [4.69, 9.17) is 14.2 Å². The molecule has 1 aliphatic rings. The normalized spacial score (nSPS) is 17.0. The van der Waals surface area contributed by atoms with Crippen molar-refractivity contribution in [2.24, 2.45) is 10.9 Å². The van der Waals surface area contributed by atoms with E-state index in [2.05, 4.69) is 28.6 Å². The first-order valence-corrected chi connectivity index (χ1v) is 11.0. The number of carbonyl (C=O) groups excluding carboxylic acids is 1. The van der Waals surface area contributed by atoms with E-state index in [1.807, 2.05) is 12.1 Å². The number of likely N-dealkylation sites (N-methyl/N-ethyl adjacent to an activating group) is 1. The Balaban J connectivity index is 0.00000512. The van der Waals surface area contributed by atoms with E-state index < -0.39 is 0 Å². The maximum atomic E-state index is 12.0. The summed E-state index contributed by atoms with van der Waals surface area (Å²) >= 11 is 0. The number of guanidine groups is 1. The zero-order valence-electron chi connectivity index (χ0n) is 20.0. The molecule has 0 aliphatic carbocycles. The fourth-order valence-electron chi connectivity index (χ4n) is 3.39.